The van der Waals surface area contributed by atoms with E-state index in [0.717, 1.165) is 12.8 Å². The number of nitrogens with two attached hydrogens (primary N) is 1. The molecule has 496 valence electrons. The van der Waals surface area contributed by atoms with Crippen molar-refractivity contribution in [3.63, 3.8) is 0 Å². The molecule has 0 radical (unpaired) electrons. The summed E-state index contributed by atoms with van der Waals surface area (Å²) < 4.78 is 28.7. The number of aliphatic carboxylic acids is 3. The first kappa shape index (κ1) is 98.5. The molecule has 0 aromatic heterocycles. The van der Waals surface area contributed by atoms with E-state index >= 15 is 0 Å². The quantitative estimate of drug-likeness (QED) is 0.0249. The molecule has 1 fully saturated rings. The van der Waals surface area contributed by atoms with Gasteiger partial charge in [-0.15, -0.1) is 0 Å². The zero-order valence-corrected chi connectivity index (χ0v) is 62.8. The number of carbonyl (C=O) groups excluding carboxylic acids is 9. The van der Waals surface area contributed by atoms with Crippen LogP contribution >= 0.6 is 0 Å². The molecule has 1 aliphatic rings. The number of carboxylic acid groups (broad SMARTS) is 3. The first-order valence-corrected chi connectivity index (χ1v) is 29.8. The van der Waals surface area contributed by atoms with Crippen molar-refractivity contribution in [2.45, 2.75) is 175 Å². The van der Waals surface area contributed by atoms with E-state index in [1.54, 1.807) is 34.6 Å². The maximum absolute atomic E-state index is 11.8. The molecule has 0 aromatic carbocycles. The van der Waals surface area contributed by atoms with Crippen molar-refractivity contribution < 1.29 is 194 Å². The van der Waals surface area contributed by atoms with Gasteiger partial charge in [0.1, 0.15) is 5.92 Å². The number of nitriles is 4. The summed E-state index contributed by atoms with van der Waals surface area (Å²) >= 11 is 0. The van der Waals surface area contributed by atoms with E-state index in [-0.39, 0.29) is 190 Å². The van der Waals surface area contributed by atoms with Crippen LogP contribution in [0.4, 0.5) is 0 Å². The van der Waals surface area contributed by atoms with Gasteiger partial charge in [0, 0.05) is 31.3 Å². The summed E-state index contributed by atoms with van der Waals surface area (Å²) in [6, 6.07) is 7.80. The fourth-order valence-corrected chi connectivity index (χ4v) is 8.58. The number of rotatable bonds is 33. The number of amides is 1. The van der Waals surface area contributed by atoms with Crippen LogP contribution in [0.1, 0.15) is 169 Å². The van der Waals surface area contributed by atoms with Gasteiger partial charge in [-0.3, -0.25) is 38.4 Å². The Balaban J connectivity index is -0.000000182. The van der Waals surface area contributed by atoms with Crippen LogP contribution in [-0.4, -0.2) is 117 Å². The van der Waals surface area contributed by atoms with E-state index in [1.165, 1.54) is 0 Å². The van der Waals surface area contributed by atoms with Crippen LogP contribution in [0.15, 0.2) is 0 Å². The molecule has 25 nitrogen and oxygen atoms in total. The number of nitrogens with zero attached hydrogens (tertiary/aromatic N) is 4. The molecule has 1 heterocycles. The topological polar surface area (TPSA) is 426 Å². The van der Waals surface area contributed by atoms with Crippen molar-refractivity contribution in [1.29, 1.82) is 21.0 Å². The van der Waals surface area contributed by atoms with Crippen LogP contribution < -0.4 is 124 Å². The predicted molar refractivity (Wildman–Crippen MR) is 314 cm³/mol. The van der Waals surface area contributed by atoms with Crippen LogP contribution in [0.2, 0.25) is 0 Å². The minimum absolute atomic E-state index is 0. The first-order chi connectivity index (χ1) is 40.6. The molecule has 0 saturated carbocycles. The van der Waals surface area contributed by atoms with E-state index in [1.807, 2.05) is 79.7 Å². The average Bonchev–Trinajstić information content (AvgIpc) is 3.81. The molecule has 3 unspecified atom stereocenters. The number of carbonyl (C=O) groups is 10. The van der Waals surface area contributed by atoms with Crippen LogP contribution in [0.5, 0.6) is 0 Å². The number of ether oxygens (including phenoxy) is 6. The minimum Gasteiger partial charge on any atom is -0.550 e. The SMILES string of the molecule is CC(C)C[C@@H]1CNC(=O)C1OC=O.CC(C)C[C@H](C#N)CC(=O)[O-].CC(C)C[C@H](CN)CC(=O)O.CCOC(=O)C(C(=O)OCC)C(C#N)CC(C)C.CCOC(=O)C(C(=O)OCC)[C@H](C#N)CC(C)C.CCOC(=O)C(C(=O)[O-])[C@@H](C#N)CC(C)C.[K+].[K+]. The fourth-order valence-electron chi connectivity index (χ4n) is 8.58. The molecule has 0 spiro atoms. The van der Waals surface area contributed by atoms with E-state index in [9.17, 15) is 58.2 Å². The van der Waals surface area contributed by atoms with Crippen molar-refractivity contribution in [1.82, 2.24) is 5.32 Å². The second-order valence-electron chi connectivity index (χ2n) is 22.8. The van der Waals surface area contributed by atoms with E-state index < -0.39 is 89.4 Å². The molecular weight excluding hydrogens is 1210 g/mol. The summed E-state index contributed by atoms with van der Waals surface area (Å²) in [6.45, 7) is 34.1. The molecule has 0 aliphatic carbocycles. The number of hydrogen-bond acceptors (Lipinski definition) is 23. The third-order valence-corrected chi connectivity index (χ3v) is 12.0. The van der Waals surface area contributed by atoms with Crippen molar-refractivity contribution in [2.24, 2.45) is 94.5 Å². The van der Waals surface area contributed by atoms with Crippen molar-refractivity contribution in [2.75, 3.05) is 46.1 Å². The molecule has 0 aromatic rings. The molecule has 27 heteroatoms. The first-order valence-electron chi connectivity index (χ1n) is 29.8. The second-order valence-corrected chi connectivity index (χ2v) is 22.8. The Morgan fingerprint density at radius 3 is 1.11 bits per heavy atom. The van der Waals surface area contributed by atoms with Gasteiger partial charge in [0.25, 0.3) is 12.4 Å². The Kier molecular flexibility index (Phi) is 66.6. The number of esters is 5. The number of nitrogens with one attached hydrogen (secondary N) is 1. The minimum atomic E-state index is -1.55. The van der Waals surface area contributed by atoms with E-state index in [4.69, 9.17) is 55.6 Å². The van der Waals surface area contributed by atoms with Gasteiger partial charge in [-0.1, -0.05) is 83.1 Å². The third kappa shape index (κ3) is 51.1. The number of carboxylic acids is 3. The summed E-state index contributed by atoms with van der Waals surface area (Å²) in [5, 5.41) is 67.7. The van der Waals surface area contributed by atoms with Gasteiger partial charge in [-0.25, -0.2) is 0 Å². The van der Waals surface area contributed by atoms with Gasteiger partial charge in [0.05, 0.1) is 87.0 Å². The third-order valence-electron chi connectivity index (χ3n) is 12.0. The average molecular weight is 1310 g/mol. The smallest absolute Gasteiger partial charge is 0.550 e. The van der Waals surface area contributed by atoms with Crippen LogP contribution in [0.3, 0.4) is 0 Å². The van der Waals surface area contributed by atoms with Gasteiger partial charge >= 0.3 is 139 Å². The standard InChI is InChI=1S/2C13H21NO4.C11H17NO4.C9H15NO3.C8H17NO2.C8H13NO2.2K/c2*1-5-17-12(15)11(13(16)18-6-2)10(8-14)7-9(3)4;1-4-16-11(15)9(10(13)14)8(6-12)5-7(2)3;1-6(2)3-7-4-10-9(12)8(7)13-5-11;2*1-6(2)3-7(5-9)4-8(10)11;;/h2*9-11H,5-7H2,1-4H3;7-9H,4-5H2,1-3H3,(H,13,14);5-8H,3-4H2,1-2H3,(H,10,12);6-7H,3-5,9H2,1-2H3,(H,10,11);6-7H,3-4H2,1-2H3,(H,10,11);;/q;;;;;;2*+1/p-2/t10-;;8-,9?;7-,8?;2*7-;;/m0.1100../s1. The molecule has 89 heavy (non-hydrogen) atoms. The number of hydrogen-bond donors (Lipinski definition) is 3. The van der Waals surface area contributed by atoms with Gasteiger partial charge < -0.3 is 64.4 Å². The van der Waals surface area contributed by atoms with Crippen molar-refractivity contribution >= 4 is 60.1 Å². The van der Waals surface area contributed by atoms with Crippen LogP contribution in [-0.2, 0) is 76.4 Å². The molecule has 1 amide bonds. The van der Waals surface area contributed by atoms with Gasteiger partial charge in [-0.05, 0) is 121 Å². The van der Waals surface area contributed by atoms with Gasteiger partial charge in [-0.2, -0.15) is 21.0 Å². The maximum atomic E-state index is 11.8. The monoisotopic (exact) mass is 1310 g/mol. The summed E-state index contributed by atoms with van der Waals surface area (Å²) in [7, 11) is 0. The Hall–Kier alpha value is -4.11. The van der Waals surface area contributed by atoms with Crippen LogP contribution in [0.25, 0.3) is 0 Å². The molecule has 4 N–H and O–H groups in total. The molecule has 8 atom stereocenters. The van der Waals surface area contributed by atoms with Crippen LogP contribution in [0, 0.1) is 134 Å². The predicted octanol–water partition coefficient (Wildman–Crippen LogP) is -0.347. The zero-order valence-electron chi connectivity index (χ0n) is 56.6. The summed E-state index contributed by atoms with van der Waals surface area (Å²) in [6.07, 6.45) is 3.17. The summed E-state index contributed by atoms with van der Waals surface area (Å²) in [4.78, 5) is 111. The normalized spacial score (nSPS) is 14.6. The Bertz CT molecular complexity index is 2110. The second kappa shape index (κ2) is 60.2. The molecular formula is C62H102K2N6O19. The summed E-state index contributed by atoms with van der Waals surface area (Å²) in [5.41, 5.74) is 5.41. The van der Waals surface area contributed by atoms with Gasteiger partial charge in [0.2, 0.25) is 0 Å². The molecule has 1 saturated heterocycles. The Labute approximate surface area is 614 Å². The maximum Gasteiger partial charge on any atom is 1.00 e. The van der Waals surface area contributed by atoms with Crippen molar-refractivity contribution in [3.05, 3.63) is 0 Å². The Morgan fingerprint density at radius 2 is 0.876 bits per heavy atom. The zero-order chi connectivity index (χ0) is 68.5. The van der Waals surface area contributed by atoms with Gasteiger partial charge in [0.15, 0.2) is 17.9 Å². The molecule has 1 aliphatic heterocycles. The van der Waals surface area contributed by atoms with E-state index in [0.29, 0.717) is 63.0 Å². The fraction of sp³-hybridized carbons (Fsp3) is 0.774. The molecule has 1 rings (SSSR count). The van der Waals surface area contributed by atoms with Crippen molar-refractivity contribution in [3.8, 4) is 24.3 Å². The Morgan fingerprint density at radius 1 is 0.551 bits per heavy atom. The van der Waals surface area contributed by atoms with E-state index in [2.05, 4.69) is 37.7 Å². The largest absolute Gasteiger partial charge is 1.00 e. The summed E-state index contributed by atoms with van der Waals surface area (Å²) in [5.74, 6) is -11.5. The molecule has 0 bridgehead atoms.